The normalized spacial score (nSPS) is 22.1. The van der Waals surface area contributed by atoms with Crippen LogP contribution in [0.3, 0.4) is 0 Å². The summed E-state index contributed by atoms with van der Waals surface area (Å²) in [6.07, 6.45) is 21.9. The zero-order chi connectivity index (χ0) is 12.3. The molecule has 0 heteroatoms. The van der Waals surface area contributed by atoms with E-state index < -0.39 is 0 Å². The van der Waals surface area contributed by atoms with E-state index in [1.165, 1.54) is 57.8 Å². The van der Waals surface area contributed by atoms with Gasteiger partial charge in [-0.2, -0.15) is 0 Å². The van der Waals surface area contributed by atoms with Crippen molar-refractivity contribution in [3.63, 3.8) is 0 Å². The van der Waals surface area contributed by atoms with Crippen LogP contribution in [0.5, 0.6) is 0 Å². The lowest BCUT2D eigenvalue weighted by molar-refractivity contribution is 0.447. The molecular formula is C17H30. The minimum atomic E-state index is 0.828. The standard InChI is InChI=1S/C17H30/c1-3-5-7-11-16(4-2)14-10-15-17-12-8-6-9-13-17/h7-8,11-12,16-17H,3-6,9-10,13-15H2,1-2H3/b11-7+/t16?,17-/m0/s1. The van der Waals surface area contributed by atoms with Gasteiger partial charge >= 0.3 is 0 Å². The van der Waals surface area contributed by atoms with Gasteiger partial charge in [0.15, 0.2) is 0 Å². The summed E-state index contributed by atoms with van der Waals surface area (Å²) in [5.74, 6) is 1.72. The fourth-order valence-corrected chi connectivity index (χ4v) is 2.66. The molecule has 98 valence electrons. The van der Waals surface area contributed by atoms with Crippen LogP contribution in [0.15, 0.2) is 24.3 Å². The Morgan fingerprint density at radius 2 is 2.24 bits per heavy atom. The van der Waals surface area contributed by atoms with Crippen molar-refractivity contribution in [3.8, 4) is 0 Å². The van der Waals surface area contributed by atoms with Crippen LogP contribution in [0.2, 0.25) is 0 Å². The van der Waals surface area contributed by atoms with Gasteiger partial charge in [-0.15, -0.1) is 0 Å². The summed E-state index contributed by atoms with van der Waals surface area (Å²) in [6.45, 7) is 4.57. The third-order valence-electron chi connectivity index (χ3n) is 3.89. The maximum absolute atomic E-state index is 2.46. The number of rotatable bonds is 8. The van der Waals surface area contributed by atoms with Gasteiger partial charge in [0.05, 0.1) is 0 Å². The first-order valence-corrected chi connectivity index (χ1v) is 7.70. The van der Waals surface area contributed by atoms with Gasteiger partial charge < -0.3 is 0 Å². The van der Waals surface area contributed by atoms with E-state index in [0.717, 1.165) is 11.8 Å². The molecular weight excluding hydrogens is 204 g/mol. The number of unbranched alkanes of at least 4 members (excludes halogenated alkanes) is 1. The Bertz CT molecular complexity index is 224. The highest BCUT2D eigenvalue weighted by molar-refractivity contribution is 4.93. The average Bonchev–Trinajstić information content (AvgIpc) is 2.38. The molecule has 0 spiro atoms. The first-order chi connectivity index (χ1) is 8.36. The number of hydrogen-bond donors (Lipinski definition) is 0. The van der Waals surface area contributed by atoms with Crippen LogP contribution in [0.1, 0.15) is 71.6 Å². The lowest BCUT2D eigenvalue weighted by Crippen LogP contribution is -2.02. The molecule has 0 aliphatic heterocycles. The molecule has 0 radical (unpaired) electrons. The van der Waals surface area contributed by atoms with E-state index in [1.54, 1.807) is 0 Å². The molecule has 0 fully saturated rings. The number of hydrogen-bond acceptors (Lipinski definition) is 0. The van der Waals surface area contributed by atoms with Crippen LogP contribution in [0.4, 0.5) is 0 Å². The van der Waals surface area contributed by atoms with E-state index in [4.69, 9.17) is 0 Å². The summed E-state index contributed by atoms with van der Waals surface area (Å²) in [6, 6.07) is 0. The highest BCUT2D eigenvalue weighted by atomic mass is 14.1. The van der Waals surface area contributed by atoms with Crippen molar-refractivity contribution in [2.45, 2.75) is 71.6 Å². The second-order valence-corrected chi connectivity index (χ2v) is 5.44. The molecule has 0 N–H and O–H groups in total. The van der Waals surface area contributed by atoms with Gasteiger partial charge in [0.2, 0.25) is 0 Å². The van der Waals surface area contributed by atoms with E-state index in [1.807, 2.05) is 0 Å². The summed E-state index contributed by atoms with van der Waals surface area (Å²) < 4.78 is 0. The second-order valence-electron chi connectivity index (χ2n) is 5.44. The van der Waals surface area contributed by atoms with Gasteiger partial charge in [-0.05, 0) is 56.8 Å². The highest BCUT2D eigenvalue weighted by Crippen LogP contribution is 2.24. The zero-order valence-electron chi connectivity index (χ0n) is 11.8. The molecule has 2 atom stereocenters. The maximum Gasteiger partial charge on any atom is -0.0233 e. The molecule has 0 saturated carbocycles. The van der Waals surface area contributed by atoms with Gasteiger partial charge in [-0.1, -0.05) is 51.0 Å². The van der Waals surface area contributed by atoms with Crippen LogP contribution in [0.25, 0.3) is 0 Å². The summed E-state index contributed by atoms with van der Waals surface area (Å²) in [5, 5.41) is 0. The smallest absolute Gasteiger partial charge is 0.0233 e. The first kappa shape index (κ1) is 14.5. The van der Waals surface area contributed by atoms with Crippen molar-refractivity contribution < 1.29 is 0 Å². The minimum Gasteiger partial charge on any atom is -0.0883 e. The van der Waals surface area contributed by atoms with Gasteiger partial charge in [0.1, 0.15) is 0 Å². The summed E-state index contributed by atoms with van der Waals surface area (Å²) in [4.78, 5) is 0. The van der Waals surface area contributed by atoms with Crippen LogP contribution < -0.4 is 0 Å². The maximum atomic E-state index is 2.46. The Morgan fingerprint density at radius 3 is 2.88 bits per heavy atom. The molecule has 0 aromatic carbocycles. The topological polar surface area (TPSA) is 0 Å². The van der Waals surface area contributed by atoms with E-state index in [-0.39, 0.29) is 0 Å². The molecule has 0 aromatic rings. The summed E-state index contributed by atoms with van der Waals surface area (Å²) >= 11 is 0. The van der Waals surface area contributed by atoms with Crippen LogP contribution >= 0.6 is 0 Å². The van der Waals surface area contributed by atoms with Crippen molar-refractivity contribution >= 4 is 0 Å². The fraction of sp³-hybridized carbons (Fsp3) is 0.765. The SMILES string of the molecule is CCC/C=C/C(CC)CCC[C@H]1C=CCCC1. The van der Waals surface area contributed by atoms with Crippen LogP contribution in [-0.2, 0) is 0 Å². The van der Waals surface area contributed by atoms with Crippen molar-refractivity contribution in [1.82, 2.24) is 0 Å². The fourth-order valence-electron chi connectivity index (χ4n) is 2.66. The van der Waals surface area contributed by atoms with Crippen LogP contribution in [0, 0.1) is 11.8 Å². The molecule has 1 aliphatic rings. The van der Waals surface area contributed by atoms with Crippen molar-refractivity contribution in [1.29, 1.82) is 0 Å². The van der Waals surface area contributed by atoms with E-state index in [0.29, 0.717) is 0 Å². The zero-order valence-corrected chi connectivity index (χ0v) is 11.8. The van der Waals surface area contributed by atoms with Crippen LogP contribution in [-0.4, -0.2) is 0 Å². The molecule has 1 aliphatic carbocycles. The average molecular weight is 234 g/mol. The lowest BCUT2D eigenvalue weighted by Gasteiger charge is -2.17. The Morgan fingerprint density at radius 1 is 1.35 bits per heavy atom. The Balaban J connectivity index is 2.14. The minimum absolute atomic E-state index is 0.828. The Kier molecular flexibility index (Phi) is 8.13. The van der Waals surface area contributed by atoms with Crippen molar-refractivity contribution in [2.24, 2.45) is 11.8 Å². The monoisotopic (exact) mass is 234 g/mol. The molecule has 1 unspecified atom stereocenters. The molecule has 0 amide bonds. The first-order valence-electron chi connectivity index (χ1n) is 7.70. The number of allylic oxidation sites excluding steroid dienone is 4. The third-order valence-corrected chi connectivity index (χ3v) is 3.89. The Labute approximate surface area is 108 Å². The van der Waals surface area contributed by atoms with Crippen molar-refractivity contribution in [2.75, 3.05) is 0 Å². The van der Waals surface area contributed by atoms with E-state index in [2.05, 4.69) is 38.2 Å². The van der Waals surface area contributed by atoms with Gasteiger partial charge in [0.25, 0.3) is 0 Å². The second kappa shape index (κ2) is 9.50. The molecule has 1 rings (SSSR count). The van der Waals surface area contributed by atoms with E-state index >= 15 is 0 Å². The molecule has 0 nitrogen and oxygen atoms in total. The van der Waals surface area contributed by atoms with E-state index in [9.17, 15) is 0 Å². The van der Waals surface area contributed by atoms with Gasteiger partial charge in [-0.3, -0.25) is 0 Å². The molecule has 0 aromatic heterocycles. The van der Waals surface area contributed by atoms with Crippen molar-refractivity contribution in [3.05, 3.63) is 24.3 Å². The predicted molar refractivity (Wildman–Crippen MR) is 78.2 cm³/mol. The molecule has 0 saturated heterocycles. The largest absolute Gasteiger partial charge is 0.0883 e. The lowest BCUT2D eigenvalue weighted by atomic mass is 9.89. The molecule has 17 heavy (non-hydrogen) atoms. The Hall–Kier alpha value is -0.520. The quantitative estimate of drug-likeness (QED) is 0.459. The van der Waals surface area contributed by atoms with Gasteiger partial charge in [-0.25, -0.2) is 0 Å². The highest BCUT2D eigenvalue weighted by Gasteiger charge is 2.09. The third kappa shape index (κ3) is 6.71. The summed E-state index contributed by atoms with van der Waals surface area (Å²) in [7, 11) is 0. The molecule has 0 bridgehead atoms. The molecule has 0 heterocycles. The summed E-state index contributed by atoms with van der Waals surface area (Å²) in [5.41, 5.74) is 0. The predicted octanol–water partition coefficient (Wildman–Crippen LogP) is 5.90. The van der Waals surface area contributed by atoms with Gasteiger partial charge in [0, 0.05) is 0 Å².